The monoisotopic (exact) mass is 128 g/mol. The molecule has 9 heavy (non-hydrogen) atoms. The molecule has 0 aromatic heterocycles. The Morgan fingerprint density at radius 1 is 1.78 bits per heavy atom. The molecule has 0 aromatic rings. The van der Waals surface area contributed by atoms with Gasteiger partial charge in [0.15, 0.2) is 0 Å². The van der Waals surface area contributed by atoms with Gasteiger partial charge in [0.25, 0.3) is 0 Å². The summed E-state index contributed by atoms with van der Waals surface area (Å²) in [5, 5.41) is 3.16. The van der Waals surface area contributed by atoms with Gasteiger partial charge in [0, 0.05) is 19.1 Å². The first-order valence-electron chi connectivity index (χ1n) is 3.23. The summed E-state index contributed by atoms with van der Waals surface area (Å²) in [6.07, 6.45) is 0. The van der Waals surface area contributed by atoms with Crippen molar-refractivity contribution in [1.82, 2.24) is 5.32 Å². The molecule has 0 aliphatic heterocycles. The quantitative estimate of drug-likeness (QED) is 0.541. The minimum atomic E-state index is 0.240. The van der Waals surface area contributed by atoms with Gasteiger partial charge in [0.1, 0.15) is 0 Å². The van der Waals surface area contributed by atoms with Crippen molar-refractivity contribution in [2.24, 2.45) is 5.73 Å². The van der Waals surface area contributed by atoms with Gasteiger partial charge in [-0.05, 0) is 13.8 Å². The van der Waals surface area contributed by atoms with Crippen LogP contribution in [0.4, 0.5) is 0 Å². The van der Waals surface area contributed by atoms with Gasteiger partial charge in [-0.15, -0.1) is 0 Å². The SMILES string of the molecule is C=C(C)CNC[C@H](C)N. The van der Waals surface area contributed by atoms with Crippen LogP contribution >= 0.6 is 0 Å². The van der Waals surface area contributed by atoms with E-state index in [4.69, 9.17) is 5.73 Å². The van der Waals surface area contributed by atoms with E-state index in [0.717, 1.165) is 18.7 Å². The third-order valence-electron chi connectivity index (χ3n) is 0.893. The fraction of sp³-hybridized carbons (Fsp3) is 0.714. The molecule has 1 atom stereocenters. The predicted octanol–water partition coefficient (Wildman–Crippen LogP) is 0.499. The largest absolute Gasteiger partial charge is 0.327 e. The molecule has 0 aliphatic rings. The Kier molecular flexibility index (Phi) is 4.36. The number of nitrogens with one attached hydrogen (secondary N) is 1. The summed E-state index contributed by atoms with van der Waals surface area (Å²) in [6.45, 7) is 9.46. The van der Waals surface area contributed by atoms with Crippen molar-refractivity contribution < 1.29 is 0 Å². The molecular weight excluding hydrogens is 112 g/mol. The molecule has 0 fully saturated rings. The maximum atomic E-state index is 5.49. The van der Waals surface area contributed by atoms with E-state index < -0.39 is 0 Å². The number of hydrogen-bond acceptors (Lipinski definition) is 2. The van der Waals surface area contributed by atoms with E-state index in [2.05, 4.69) is 11.9 Å². The highest BCUT2D eigenvalue weighted by Gasteiger charge is 1.90. The van der Waals surface area contributed by atoms with Crippen LogP contribution in [0.2, 0.25) is 0 Å². The number of rotatable bonds is 4. The standard InChI is InChI=1S/C7H16N2/c1-6(2)4-9-5-7(3)8/h7,9H,1,4-5,8H2,2-3H3/t7-/m0/s1. The van der Waals surface area contributed by atoms with Crippen LogP contribution < -0.4 is 11.1 Å². The lowest BCUT2D eigenvalue weighted by atomic mass is 10.3. The van der Waals surface area contributed by atoms with E-state index >= 15 is 0 Å². The van der Waals surface area contributed by atoms with Crippen LogP contribution in [-0.4, -0.2) is 19.1 Å². The molecule has 3 N–H and O–H groups in total. The molecule has 0 unspecified atom stereocenters. The first-order chi connectivity index (χ1) is 4.13. The summed E-state index contributed by atoms with van der Waals surface area (Å²) in [5.41, 5.74) is 6.64. The van der Waals surface area contributed by atoms with Crippen LogP contribution in [0.5, 0.6) is 0 Å². The van der Waals surface area contributed by atoms with Crippen LogP contribution in [0.25, 0.3) is 0 Å². The topological polar surface area (TPSA) is 38.0 Å². The molecule has 0 amide bonds. The molecule has 0 heterocycles. The first-order valence-corrected chi connectivity index (χ1v) is 3.23. The van der Waals surface area contributed by atoms with E-state index in [0.29, 0.717) is 0 Å². The van der Waals surface area contributed by atoms with Crippen molar-refractivity contribution in [2.75, 3.05) is 13.1 Å². The third kappa shape index (κ3) is 7.66. The highest BCUT2D eigenvalue weighted by Crippen LogP contribution is 1.80. The average Bonchev–Trinajstić information content (AvgIpc) is 1.63. The zero-order valence-electron chi connectivity index (χ0n) is 6.28. The second-order valence-electron chi connectivity index (χ2n) is 2.57. The van der Waals surface area contributed by atoms with Crippen molar-refractivity contribution in [1.29, 1.82) is 0 Å². The highest BCUT2D eigenvalue weighted by atomic mass is 14.9. The van der Waals surface area contributed by atoms with Gasteiger partial charge in [-0.25, -0.2) is 0 Å². The molecule has 0 bridgehead atoms. The summed E-state index contributed by atoms with van der Waals surface area (Å²) < 4.78 is 0. The molecule has 54 valence electrons. The van der Waals surface area contributed by atoms with Crippen LogP contribution in [0.1, 0.15) is 13.8 Å². The fourth-order valence-electron chi connectivity index (χ4n) is 0.513. The maximum absolute atomic E-state index is 5.49. The molecule has 0 aromatic carbocycles. The van der Waals surface area contributed by atoms with Crippen LogP contribution in [0, 0.1) is 0 Å². The summed E-state index contributed by atoms with van der Waals surface area (Å²) in [4.78, 5) is 0. The zero-order valence-corrected chi connectivity index (χ0v) is 6.28. The summed E-state index contributed by atoms with van der Waals surface area (Å²) in [7, 11) is 0. The van der Waals surface area contributed by atoms with Gasteiger partial charge >= 0.3 is 0 Å². The van der Waals surface area contributed by atoms with Crippen LogP contribution in [0.15, 0.2) is 12.2 Å². The van der Waals surface area contributed by atoms with Crippen molar-refractivity contribution in [2.45, 2.75) is 19.9 Å². The van der Waals surface area contributed by atoms with Gasteiger partial charge < -0.3 is 11.1 Å². The Bertz CT molecular complexity index is 86.9. The van der Waals surface area contributed by atoms with Crippen LogP contribution in [0.3, 0.4) is 0 Å². The molecular formula is C7H16N2. The lowest BCUT2D eigenvalue weighted by molar-refractivity contribution is 0.634. The smallest absolute Gasteiger partial charge is 0.0159 e. The number of nitrogens with two attached hydrogens (primary N) is 1. The lowest BCUT2D eigenvalue weighted by Crippen LogP contribution is -2.31. The summed E-state index contributed by atoms with van der Waals surface area (Å²) in [6, 6.07) is 0.240. The third-order valence-corrected chi connectivity index (χ3v) is 0.893. The Hall–Kier alpha value is -0.340. The second-order valence-corrected chi connectivity index (χ2v) is 2.57. The molecule has 2 nitrogen and oxygen atoms in total. The van der Waals surface area contributed by atoms with E-state index in [9.17, 15) is 0 Å². The minimum Gasteiger partial charge on any atom is -0.327 e. The molecule has 2 heteroatoms. The summed E-state index contributed by atoms with van der Waals surface area (Å²) in [5.74, 6) is 0. The predicted molar refractivity (Wildman–Crippen MR) is 41.3 cm³/mol. The summed E-state index contributed by atoms with van der Waals surface area (Å²) >= 11 is 0. The first kappa shape index (κ1) is 8.66. The maximum Gasteiger partial charge on any atom is 0.0159 e. The molecule has 0 radical (unpaired) electrons. The average molecular weight is 128 g/mol. The Morgan fingerprint density at radius 3 is 2.67 bits per heavy atom. The Morgan fingerprint density at radius 2 is 2.33 bits per heavy atom. The van der Waals surface area contributed by atoms with Crippen molar-refractivity contribution >= 4 is 0 Å². The van der Waals surface area contributed by atoms with Gasteiger partial charge in [-0.3, -0.25) is 0 Å². The van der Waals surface area contributed by atoms with Gasteiger partial charge in [0.2, 0.25) is 0 Å². The van der Waals surface area contributed by atoms with Crippen LogP contribution in [-0.2, 0) is 0 Å². The second kappa shape index (κ2) is 4.53. The van der Waals surface area contributed by atoms with Crippen molar-refractivity contribution in [3.8, 4) is 0 Å². The highest BCUT2D eigenvalue weighted by molar-refractivity contribution is 4.90. The molecule has 0 spiro atoms. The van der Waals surface area contributed by atoms with E-state index in [-0.39, 0.29) is 6.04 Å². The Labute approximate surface area is 57.1 Å². The minimum absolute atomic E-state index is 0.240. The molecule has 0 aliphatic carbocycles. The van der Waals surface area contributed by atoms with E-state index in [1.165, 1.54) is 0 Å². The zero-order chi connectivity index (χ0) is 7.28. The van der Waals surface area contributed by atoms with E-state index in [1.54, 1.807) is 0 Å². The molecule has 0 saturated carbocycles. The lowest BCUT2D eigenvalue weighted by Gasteiger charge is -2.05. The van der Waals surface area contributed by atoms with Crippen molar-refractivity contribution in [3.63, 3.8) is 0 Å². The van der Waals surface area contributed by atoms with Crippen molar-refractivity contribution in [3.05, 3.63) is 12.2 Å². The molecule has 0 saturated heterocycles. The normalized spacial score (nSPS) is 13.2. The van der Waals surface area contributed by atoms with Gasteiger partial charge in [0.05, 0.1) is 0 Å². The van der Waals surface area contributed by atoms with E-state index in [1.807, 2.05) is 13.8 Å². The molecule has 0 rings (SSSR count). The van der Waals surface area contributed by atoms with Gasteiger partial charge in [-0.2, -0.15) is 0 Å². The number of hydrogen-bond donors (Lipinski definition) is 2. The fourth-order valence-corrected chi connectivity index (χ4v) is 0.513. The Balaban J connectivity index is 3.01. The van der Waals surface area contributed by atoms with Gasteiger partial charge in [-0.1, -0.05) is 12.2 Å².